The lowest BCUT2D eigenvalue weighted by molar-refractivity contribution is 0.310. The predicted octanol–water partition coefficient (Wildman–Crippen LogP) is 5.76. The Hall–Kier alpha value is -3.33. The largest absolute Gasteiger partial charge is 0.494 e. The van der Waals surface area contributed by atoms with Crippen LogP contribution in [-0.2, 0) is 6.42 Å². The van der Waals surface area contributed by atoms with Crippen molar-refractivity contribution in [2.75, 3.05) is 6.61 Å². The lowest BCUT2D eigenvalue weighted by Crippen LogP contribution is -2.00. The Kier molecular flexibility index (Phi) is 5.30. The molecule has 1 aromatic heterocycles. The average Bonchev–Trinajstić information content (AvgIpc) is 3.18. The third-order valence-electron chi connectivity index (χ3n) is 4.43. The van der Waals surface area contributed by atoms with E-state index in [1.807, 2.05) is 54.6 Å². The smallest absolute Gasteiger partial charge is 0.119 e. The van der Waals surface area contributed by atoms with E-state index in [1.165, 1.54) is 0 Å². The fourth-order valence-corrected chi connectivity index (χ4v) is 3.11. The lowest BCUT2D eigenvalue weighted by atomic mass is 10.1. The molecular weight excluding hydrogens is 332 g/mol. The van der Waals surface area contributed by atoms with Crippen molar-refractivity contribution >= 4 is 0 Å². The summed E-state index contributed by atoms with van der Waals surface area (Å²) in [7, 11) is 0. The molecule has 4 rings (SSSR count). The zero-order valence-electron chi connectivity index (χ0n) is 15.1. The third-order valence-corrected chi connectivity index (χ3v) is 4.43. The van der Waals surface area contributed by atoms with Crippen LogP contribution in [0.4, 0.5) is 0 Å². The number of aromatic amines is 1. The van der Waals surface area contributed by atoms with Gasteiger partial charge < -0.3 is 9.72 Å². The topological polar surface area (TPSA) is 37.9 Å². The SMILES string of the molecule is c1ccc(OCCCc2nc(-c3ccccc3)c(-c3ccccc3)[nH]2)cc1. The van der Waals surface area contributed by atoms with Gasteiger partial charge in [0.2, 0.25) is 0 Å². The second-order valence-electron chi connectivity index (χ2n) is 6.40. The van der Waals surface area contributed by atoms with Crippen molar-refractivity contribution in [3.05, 3.63) is 96.8 Å². The standard InChI is InChI=1S/C24H22N2O/c1-4-11-19(12-5-1)23-24(20-13-6-2-7-14-20)26-22(25-23)17-10-18-27-21-15-8-3-9-16-21/h1-9,11-16H,10,17-18H2,(H,25,26). The summed E-state index contributed by atoms with van der Waals surface area (Å²) < 4.78 is 5.79. The van der Waals surface area contributed by atoms with Gasteiger partial charge in [-0.1, -0.05) is 78.9 Å². The molecular formula is C24H22N2O. The van der Waals surface area contributed by atoms with Gasteiger partial charge in [0.1, 0.15) is 11.6 Å². The monoisotopic (exact) mass is 354 g/mol. The van der Waals surface area contributed by atoms with Gasteiger partial charge in [-0.05, 0) is 18.6 Å². The van der Waals surface area contributed by atoms with Crippen LogP contribution in [0.3, 0.4) is 0 Å². The molecule has 0 saturated carbocycles. The van der Waals surface area contributed by atoms with Crippen molar-refractivity contribution in [3.8, 4) is 28.3 Å². The number of rotatable bonds is 7. The van der Waals surface area contributed by atoms with Gasteiger partial charge in [-0.25, -0.2) is 4.98 Å². The number of nitrogens with zero attached hydrogens (tertiary/aromatic N) is 1. The Morgan fingerprint density at radius 2 is 1.30 bits per heavy atom. The van der Waals surface area contributed by atoms with Gasteiger partial charge in [0.25, 0.3) is 0 Å². The lowest BCUT2D eigenvalue weighted by Gasteiger charge is -2.04. The maximum atomic E-state index is 5.79. The van der Waals surface area contributed by atoms with Crippen molar-refractivity contribution in [3.63, 3.8) is 0 Å². The molecule has 0 spiro atoms. The van der Waals surface area contributed by atoms with E-state index in [1.54, 1.807) is 0 Å². The summed E-state index contributed by atoms with van der Waals surface area (Å²) in [6.07, 6.45) is 1.75. The molecule has 3 nitrogen and oxygen atoms in total. The predicted molar refractivity (Wildman–Crippen MR) is 110 cm³/mol. The average molecular weight is 354 g/mol. The number of H-pyrrole nitrogens is 1. The van der Waals surface area contributed by atoms with E-state index >= 15 is 0 Å². The van der Waals surface area contributed by atoms with Crippen LogP contribution in [0.25, 0.3) is 22.5 Å². The summed E-state index contributed by atoms with van der Waals surface area (Å²) in [6, 6.07) is 30.6. The summed E-state index contributed by atoms with van der Waals surface area (Å²) in [4.78, 5) is 8.42. The van der Waals surface area contributed by atoms with Crippen molar-refractivity contribution in [1.82, 2.24) is 9.97 Å². The fourth-order valence-electron chi connectivity index (χ4n) is 3.11. The summed E-state index contributed by atoms with van der Waals surface area (Å²) >= 11 is 0. The minimum absolute atomic E-state index is 0.673. The third kappa shape index (κ3) is 4.26. The Morgan fingerprint density at radius 3 is 1.96 bits per heavy atom. The highest BCUT2D eigenvalue weighted by Crippen LogP contribution is 2.30. The van der Waals surface area contributed by atoms with Crippen molar-refractivity contribution in [2.45, 2.75) is 12.8 Å². The molecule has 0 aliphatic carbocycles. The van der Waals surface area contributed by atoms with E-state index in [4.69, 9.17) is 9.72 Å². The molecule has 27 heavy (non-hydrogen) atoms. The zero-order chi connectivity index (χ0) is 18.3. The van der Waals surface area contributed by atoms with Crippen LogP contribution in [0.2, 0.25) is 0 Å². The highest BCUT2D eigenvalue weighted by molar-refractivity contribution is 5.78. The molecule has 134 valence electrons. The van der Waals surface area contributed by atoms with E-state index in [9.17, 15) is 0 Å². The molecule has 0 unspecified atom stereocenters. The second kappa shape index (κ2) is 8.37. The first-order chi connectivity index (χ1) is 13.4. The number of aromatic nitrogens is 2. The van der Waals surface area contributed by atoms with Crippen LogP contribution >= 0.6 is 0 Å². The van der Waals surface area contributed by atoms with Crippen molar-refractivity contribution < 1.29 is 4.74 Å². The molecule has 0 fully saturated rings. The first-order valence-electron chi connectivity index (χ1n) is 9.28. The quantitative estimate of drug-likeness (QED) is 0.429. The van der Waals surface area contributed by atoms with Crippen molar-refractivity contribution in [1.29, 1.82) is 0 Å². The molecule has 0 saturated heterocycles. The van der Waals surface area contributed by atoms with E-state index in [-0.39, 0.29) is 0 Å². The van der Waals surface area contributed by atoms with Crippen molar-refractivity contribution in [2.24, 2.45) is 0 Å². The molecule has 0 radical (unpaired) electrons. The van der Waals surface area contributed by atoms with Gasteiger partial charge in [0, 0.05) is 17.5 Å². The summed E-state index contributed by atoms with van der Waals surface area (Å²) in [5.41, 5.74) is 4.34. The first-order valence-corrected chi connectivity index (χ1v) is 9.28. The van der Waals surface area contributed by atoms with Crippen LogP contribution < -0.4 is 4.74 Å². The maximum Gasteiger partial charge on any atom is 0.119 e. The Morgan fingerprint density at radius 1 is 0.704 bits per heavy atom. The molecule has 0 aliphatic heterocycles. The molecule has 4 aromatic rings. The number of aryl methyl sites for hydroxylation is 1. The molecule has 0 bridgehead atoms. The Labute approximate surface area is 159 Å². The van der Waals surface area contributed by atoms with Crippen LogP contribution in [0.15, 0.2) is 91.0 Å². The number of ether oxygens (including phenoxy) is 1. The first kappa shape index (κ1) is 17.1. The Bertz CT molecular complexity index is 906. The molecule has 1 N–H and O–H groups in total. The minimum atomic E-state index is 0.673. The highest BCUT2D eigenvalue weighted by Gasteiger charge is 2.13. The van der Waals surface area contributed by atoms with Gasteiger partial charge >= 0.3 is 0 Å². The summed E-state index contributed by atoms with van der Waals surface area (Å²) in [5, 5.41) is 0. The zero-order valence-corrected chi connectivity index (χ0v) is 15.1. The van der Waals surface area contributed by atoms with Gasteiger partial charge in [-0.3, -0.25) is 0 Å². The van der Waals surface area contributed by atoms with Crippen LogP contribution in [-0.4, -0.2) is 16.6 Å². The molecule has 3 aromatic carbocycles. The van der Waals surface area contributed by atoms with E-state index in [2.05, 4.69) is 41.4 Å². The van der Waals surface area contributed by atoms with Crippen LogP contribution in [0, 0.1) is 0 Å². The van der Waals surface area contributed by atoms with Gasteiger partial charge in [0.05, 0.1) is 18.0 Å². The highest BCUT2D eigenvalue weighted by atomic mass is 16.5. The van der Waals surface area contributed by atoms with Gasteiger partial charge in [-0.2, -0.15) is 0 Å². The Balaban J connectivity index is 1.51. The number of imidazole rings is 1. The molecule has 1 heterocycles. The number of para-hydroxylation sites is 1. The maximum absolute atomic E-state index is 5.79. The second-order valence-corrected chi connectivity index (χ2v) is 6.40. The van der Waals surface area contributed by atoms with Crippen LogP contribution in [0.5, 0.6) is 5.75 Å². The van der Waals surface area contributed by atoms with Gasteiger partial charge in [0.15, 0.2) is 0 Å². The van der Waals surface area contributed by atoms with Gasteiger partial charge in [-0.15, -0.1) is 0 Å². The number of hydrogen-bond donors (Lipinski definition) is 1. The fraction of sp³-hybridized carbons (Fsp3) is 0.125. The van der Waals surface area contributed by atoms with E-state index in [0.717, 1.165) is 46.9 Å². The number of benzene rings is 3. The molecule has 0 atom stereocenters. The van der Waals surface area contributed by atoms with Crippen LogP contribution in [0.1, 0.15) is 12.2 Å². The molecule has 0 aliphatic rings. The molecule has 3 heteroatoms. The number of hydrogen-bond acceptors (Lipinski definition) is 2. The van der Waals surface area contributed by atoms with E-state index < -0.39 is 0 Å². The summed E-state index contributed by atoms with van der Waals surface area (Å²) in [5.74, 6) is 1.90. The minimum Gasteiger partial charge on any atom is -0.494 e. The number of nitrogens with one attached hydrogen (secondary N) is 1. The normalized spacial score (nSPS) is 10.7. The van der Waals surface area contributed by atoms with E-state index in [0.29, 0.717) is 6.61 Å². The summed E-state index contributed by atoms with van der Waals surface area (Å²) in [6.45, 7) is 0.673. The molecule has 0 amide bonds.